The van der Waals surface area contributed by atoms with E-state index in [1.165, 1.54) is 10.5 Å². The molecule has 1 aromatic rings. The van der Waals surface area contributed by atoms with Crippen molar-refractivity contribution in [2.75, 3.05) is 18.1 Å². The van der Waals surface area contributed by atoms with Crippen LogP contribution in [0.2, 0.25) is 0 Å². The Morgan fingerprint density at radius 3 is 2.92 bits per heavy atom. The first-order valence-electron chi connectivity index (χ1n) is 4.10. The Morgan fingerprint density at radius 2 is 2.31 bits per heavy atom. The average Bonchev–Trinajstić information content (AvgIpc) is 2.16. The highest BCUT2D eigenvalue weighted by Crippen LogP contribution is 2.25. The monoisotopic (exact) mass is 195 g/mol. The quantitative estimate of drug-likeness (QED) is 0.590. The lowest BCUT2D eigenvalue weighted by molar-refractivity contribution is -0.106. The molecule has 0 unspecified atom stereocenters. The van der Waals surface area contributed by atoms with Crippen molar-refractivity contribution in [1.82, 2.24) is 0 Å². The Hall–Kier alpha value is -0.960. The summed E-state index contributed by atoms with van der Waals surface area (Å²) in [6.45, 7) is 2.43. The maximum absolute atomic E-state index is 10.2. The molecule has 0 aliphatic carbocycles. The van der Waals surface area contributed by atoms with Crippen molar-refractivity contribution >= 4 is 23.7 Å². The van der Waals surface area contributed by atoms with Crippen molar-refractivity contribution in [2.45, 2.75) is 11.8 Å². The minimum atomic E-state index is 0.374. The van der Waals surface area contributed by atoms with Gasteiger partial charge in [0.15, 0.2) is 0 Å². The molecule has 70 valence electrons. The molecule has 0 radical (unpaired) electrons. The smallest absolute Gasteiger partial charge is 0.139 e. The third-order valence-electron chi connectivity index (χ3n) is 1.88. The summed E-state index contributed by atoms with van der Waals surface area (Å²) in [5, 5.41) is 3.06. The second-order valence-corrected chi connectivity index (χ2v) is 3.53. The van der Waals surface area contributed by atoms with E-state index in [0.29, 0.717) is 6.54 Å². The summed E-state index contributed by atoms with van der Waals surface area (Å²) < 4.78 is 0. The predicted octanol–water partition coefficient (Wildman–Crippen LogP) is 2.33. The molecule has 0 saturated heterocycles. The van der Waals surface area contributed by atoms with Crippen LogP contribution in [0, 0.1) is 6.92 Å². The average molecular weight is 195 g/mol. The van der Waals surface area contributed by atoms with Gasteiger partial charge in [-0.15, -0.1) is 11.8 Å². The predicted molar refractivity (Wildman–Crippen MR) is 57.5 cm³/mol. The van der Waals surface area contributed by atoms with Gasteiger partial charge in [0.05, 0.1) is 6.54 Å². The minimum Gasteiger partial charge on any atom is -0.378 e. The fourth-order valence-corrected chi connectivity index (χ4v) is 1.81. The van der Waals surface area contributed by atoms with Gasteiger partial charge in [-0.3, -0.25) is 0 Å². The highest BCUT2D eigenvalue weighted by molar-refractivity contribution is 7.98. The van der Waals surface area contributed by atoms with Crippen molar-refractivity contribution in [1.29, 1.82) is 0 Å². The second-order valence-electron chi connectivity index (χ2n) is 2.68. The van der Waals surface area contributed by atoms with E-state index in [9.17, 15) is 4.79 Å². The number of hydrogen-bond acceptors (Lipinski definition) is 3. The Morgan fingerprint density at radius 1 is 1.54 bits per heavy atom. The van der Waals surface area contributed by atoms with Crippen LogP contribution >= 0.6 is 11.8 Å². The normalized spacial score (nSPS) is 9.69. The molecule has 0 aliphatic rings. The van der Waals surface area contributed by atoms with Crippen LogP contribution < -0.4 is 5.32 Å². The number of anilines is 1. The maximum Gasteiger partial charge on any atom is 0.139 e. The lowest BCUT2D eigenvalue weighted by atomic mass is 10.2. The van der Waals surface area contributed by atoms with Crippen molar-refractivity contribution in [2.24, 2.45) is 0 Å². The van der Waals surface area contributed by atoms with E-state index in [0.717, 1.165) is 12.0 Å². The summed E-state index contributed by atoms with van der Waals surface area (Å²) in [5.41, 5.74) is 2.25. The molecule has 0 aliphatic heterocycles. The van der Waals surface area contributed by atoms with Crippen molar-refractivity contribution in [3.05, 3.63) is 23.8 Å². The van der Waals surface area contributed by atoms with E-state index in [1.807, 2.05) is 18.4 Å². The molecular formula is C10H13NOS. The van der Waals surface area contributed by atoms with E-state index < -0.39 is 0 Å². The van der Waals surface area contributed by atoms with Crippen LogP contribution in [-0.4, -0.2) is 19.1 Å². The Kier molecular flexibility index (Phi) is 3.83. The highest BCUT2D eigenvalue weighted by Gasteiger charge is 2.00. The highest BCUT2D eigenvalue weighted by atomic mass is 32.2. The number of thioether (sulfide) groups is 1. The van der Waals surface area contributed by atoms with Gasteiger partial charge >= 0.3 is 0 Å². The fraction of sp³-hybridized carbons (Fsp3) is 0.300. The fourth-order valence-electron chi connectivity index (χ4n) is 1.18. The molecule has 1 N–H and O–H groups in total. The molecule has 0 aromatic heterocycles. The SMILES string of the molecule is CSc1cccc(NCC=O)c1C. The molecular weight excluding hydrogens is 182 g/mol. The van der Waals surface area contributed by atoms with Crippen LogP contribution in [0.1, 0.15) is 5.56 Å². The molecule has 0 spiro atoms. The van der Waals surface area contributed by atoms with Crippen molar-refractivity contribution in [3.8, 4) is 0 Å². The number of nitrogens with one attached hydrogen (secondary N) is 1. The van der Waals surface area contributed by atoms with E-state index in [2.05, 4.69) is 18.3 Å². The summed E-state index contributed by atoms with van der Waals surface area (Å²) in [6.07, 6.45) is 2.91. The zero-order valence-corrected chi connectivity index (χ0v) is 8.65. The van der Waals surface area contributed by atoms with Crippen LogP contribution in [0.25, 0.3) is 0 Å². The zero-order chi connectivity index (χ0) is 9.68. The maximum atomic E-state index is 10.2. The van der Waals surface area contributed by atoms with Crippen LogP contribution in [0.15, 0.2) is 23.1 Å². The minimum absolute atomic E-state index is 0.374. The van der Waals surface area contributed by atoms with Crippen LogP contribution in [0.5, 0.6) is 0 Å². The number of carbonyl (C=O) groups is 1. The second kappa shape index (κ2) is 4.92. The molecule has 1 rings (SSSR count). The van der Waals surface area contributed by atoms with Gasteiger partial charge in [-0.05, 0) is 30.9 Å². The van der Waals surface area contributed by atoms with Gasteiger partial charge in [0, 0.05) is 10.6 Å². The topological polar surface area (TPSA) is 29.1 Å². The van der Waals surface area contributed by atoms with Crippen LogP contribution in [0.4, 0.5) is 5.69 Å². The standard InChI is InChI=1S/C10H13NOS/c1-8-9(11-6-7-12)4-3-5-10(8)13-2/h3-5,7,11H,6H2,1-2H3. The third-order valence-corrected chi connectivity index (χ3v) is 2.76. The third kappa shape index (κ3) is 2.49. The van der Waals surface area contributed by atoms with Gasteiger partial charge in [0.2, 0.25) is 0 Å². The summed E-state index contributed by atoms with van der Waals surface area (Å²) in [5.74, 6) is 0. The first kappa shape index (κ1) is 10.1. The lowest BCUT2D eigenvalue weighted by Crippen LogP contribution is -2.03. The van der Waals surface area contributed by atoms with Crippen LogP contribution in [-0.2, 0) is 4.79 Å². The number of carbonyl (C=O) groups excluding carboxylic acids is 1. The summed E-state index contributed by atoms with van der Waals surface area (Å²) in [4.78, 5) is 11.4. The number of hydrogen-bond donors (Lipinski definition) is 1. The van der Waals surface area contributed by atoms with Gasteiger partial charge in [-0.25, -0.2) is 0 Å². The molecule has 1 aromatic carbocycles. The van der Waals surface area contributed by atoms with Crippen LogP contribution in [0.3, 0.4) is 0 Å². The summed E-state index contributed by atoms with van der Waals surface area (Å²) in [6, 6.07) is 6.05. The van der Waals surface area contributed by atoms with Gasteiger partial charge in [0.25, 0.3) is 0 Å². The van der Waals surface area contributed by atoms with E-state index in [1.54, 1.807) is 11.8 Å². The summed E-state index contributed by atoms with van der Waals surface area (Å²) in [7, 11) is 0. The van der Waals surface area contributed by atoms with Gasteiger partial charge in [-0.1, -0.05) is 6.07 Å². The van der Waals surface area contributed by atoms with Crippen molar-refractivity contribution < 1.29 is 4.79 Å². The first-order valence-corrected chi connectivity index (χ1v) is 5.33. The molecule has 3 heteroatoms. The number of benzene rings is 1. The molecule has 0 atom stereocenters. The molecule has 0 amide bonds. The largest absolute Gasteiger partial charge is 0.378 e. The van der Waals surface area contributed by atoms with Gasteiger partial charge in [0.1, 0.15) is 6.29 Å². The molecule has 2 nitrogen and oxygen atoms in total. The van der Waals surface area contributed by atoms with Gasteiger partial charge < -0.3 is 10.1 Å². The number of rotatable bonds is 4. The Bertz CT molecular complexity index is 299. The molecule has 0 fully saturated rings. The van der Waals surface area contributed by atoms with Crippen molar-refractivity contribution in [3.63, 3.8) is 0 Å². The lowest BCUT2D eigenvalue weighted by Gasteiger charge is -2.09. The molecule has 0 saturated carbocycles. The van der Waals surface area contributed by atoms with E-state index in [4.69, 9.17) is 0 Å². The number of aldehydes is 1. The zero-order valence-electron chi connectivity index (χ0n) is 7.83. The first-order chi connectivity index (χ1) is 6.29. The summed E-state index contributed by atoms with van der Waals surface area (Å²) >= 11 is 1.71. The molecule has 0 bridgehead atoms. The molecule has 13 heavy (non-hydrogen) atoms. The Balaban J connectivity index is 2.87. The molecule has 0 heterocycles. The Labute approximate surface area is 82.7 Å². The van der Waals surface area contributed by atoms with Gasteiger partial charge in [-0.2, -0.15) is 0 Å². The van der Waals surface area contributed by atoms with E-state index >= 15 is 0 Å². The van der Waals surface area contributed by atoms with E-state index in [-0.39, 0.29) is 0 Å².